The molecule has 0 bridgehead atoms. The summed E-state index contributed by atoms with van der Waals surface area (Å²) in [6.07, 6.45) is -2.07. The molecule has 1 N–H and O–H groups in total. The highest BCUT2D eigenvalue weighted by atomic mass is 35.5. The Labute approximate surface area is 109 Å². The van der Waals surface area contributed by atoms with Crippen LogP contribution >= 0.6 is 11.6 Å². The summed E-state index contributed by atoms with van der Waals surface area (Å²) >= 11 is 5.89. The van der Waals surface area contributed by atoms with Crippen LogP contribution in [0.5, 0.6) is 0 Å². The zero-order valence-electron chi connectivity index (χ0n) is 10.2. The van der Waals surface area contributed by atoms with Crippen LogP contribution in [-0.4, -0.2) is 6.04 Å². The second-order valence-corrected chi connectivity index (χ2v) is 5.62. The van der Waals surface area contributed by atoms with E-state index < -0.39 is 11.7 Å². The van der Waals surface area contributed by atoms with Gasteiger partial charge in [-0.2, -0.15) is 13.2 Å². The molecule has 0 saturated heterocycles. The molecular formula is C13H15ClF3N. The van der Waals surface area contributed by atoms with E-state index in [1.807, 2.05) is 6.92 Å². The van der Waals surface area contributed by atoms with Gasteiger partial charge in [0.1, 0.15) is 0 Å². The Morgan fingerprint density at radius 1 is 1.33 bits per heavy atom. The minimum atomic E-state index is -4.35. The van der Waals surface area contributed by atoms with E-state index in [1.54, 1.807) is 0 Å². The standard InChI is InChI=1S/C13H15ClF3N/c1-8(12(2)5-6-12)18-11-4-3-9(7-10(11)14)13(15,16)17/h3-4,7-8,18H,5-6H2,1-2H3. The maximum absolute atomic E-state index is 12.5. The fraction of sp³-hybridized carbons (Fsp3) is 0.538. The third-order valence-electron chi connectivity index (χ3n) is 3.75. The Kier molecular flexibility index (Phi) is 3.26. The lowest BCUT2D eigenvalue weighted by molar-refractivity contribution is -0.137. The molecule has 5 heteroatoms. The average molecular weight is 278 g/mol. The van der Waals surface area contributed by atoms with Gasteiger partial charge in [-0.3, -0.25) is 0 Å². The molecular weight excluding hydrogens is 263 g/mol. The molecule has 2 rings (SSSR count). The summed E-state index contributed by atoms with van der Waals surface area (Å²) < 4.78 is 37.4. The van der Waals surface area contributed by atoms with Crippen LogP contribution in [0.2, 0.25) is 5.02 Å². The van der Waals surface area contributed by atoms with Gasteiger partial charge >= 0.3 is 6.18 Å². The smallest absolute Gasteiger partial charge is 0.381 e. The van der Waals surface area contributed by atoms with E-state index in [0.29, 0.717) is 5.69 Å². The summed E-state index contributed by atoms with van der Waals surface area (Å²) in [6.45, 7) is 4.18. The zero-order valence-corrected chi connectivity index (χ0v) is 11.0. The van der Waals surface area contributed by atoms with Gasteiger partial charge < -0.3 is 5.32 Å². The third kappa shape index (κ3) is 2.74. The first kappa shape index (κ1) is 13.5. The summed E-state index contributed by atoms with van der Waals surface area (Å²) in [6, 6.07) is 3.61. The van der Waals surface area contributed by atoms with E-state index in [4.69, 9.17) is 11.6 Å². The van der Waals surface area contributed by atoms with Crippen molar-refractivity contribution in [2.45, 2.75) is 38.9 Å². The number of halogens is 4. The number of benzene rings is 1. The SMILES string of the molecule is CC(Nc1ccc(C(F)(F)F)cc1Cl)C1(C)CC1. The Hall–Kier alpha value is -0.900. The highest BCUT2D eigenvalue weighted by Crippen LogP contribution is 2.49. The van der Waals surface area contributed by atoms with E-state index >= 15 is 0 Å². The van der Waals surface area contributed by atoms with Gasteiger partial charge in [0, 0.05) is 6.04 Å². The minimum absolute atomic E-state index is 0.112. The molecule has 0 heterocycles. The van der Waals surface area contributed by atoms with Crippen molar-refractivity contribution in [3.63, 3.8) is 0 Å². The molecule has 0 radical (unpaired) electrons. The second-order valence-electron chi connectivity index (χ2n) is 5.21. The van der Waals surface area contributed by atoms with Gasteiger partial charge in [0.2, 0.25) is 0 Å². The number of alkyl halides is 3. The van der Waals surface area contributed by atoms with Crippen molar-refractivity contribution in [1.29, 1.82) is 0 Å². The van der Waals surface area contributed by atoms with Crippen LogP contribution in [-0.2, 0) is 6.18 Å². The molecule has 1 nitrogen and oxygen atoms in total. The second kappa shape index (κ2) is 4.34. The lowest BCUT2D eigenvalue weighted by atomic mass is 10.0. The fourth-order valence-electron chi connectivity index (χ4n) is 1.85. The van der Waals surface area contributed by atoms with Crippen molar-refractivity contribution < 1.29 is 13.2 Å². The molecule has 1 aromatic carbocycles. The zero-order chi connectivity index (χ0) is 13.6. The average Bonchev–Trinajstić information content (AvgIpc) is 2.99. The Morgan fingerprint density at radius 3 is 2.39 bits per heavy atom. The number of nitrogens with one attached hydrogen (secondary N) is 1. The molecule has 18 heavy (non-hydrogen) atoms. The lowest BCUT2D eigenvalue weighted by Gasteiger charge is -2.22. The van der Waals surface area contributed by atoms with Gasteiger partial charge in [-0.1, -0.05) is 18.5 Å². The molecule has 0 aromatic heterocycles. The van der Waals surface area contributed by atoms with Crippen molar-refractivity contribution in [2.75, 3.05) is 5.32 Å². The van der Waals surface area contributed by atoms with Crippen LogP contribution in [0.25, 0.3) is 0 Å². The first-order valence-corrected chi connectivity index (χ1v) is 6.23. The van der Waals surface area contributed by atoms with Gasteiger partial charge in [0.25, 0.3) is 0 Å². The van der Waals surface area contributed by atoms with E-state index in [1.165, 1.54) is 6.07 Å². The largest absolute Gasteiger partial charge is 0.416 e. The number of hydrogen-bond acceptors (Lipinski definition) is 1. The molecule has 1 saturated carbocycles. The van der Waals surface area contributed by atoms with Gasteiger partial charge in [-0.25, -0.2) is 0 Å². The summed E-state index contributed by atoms with van der Waals surface area (Å²) in [5.41, 5.74) is 0.0834. The van der Waals surface area contributed by atoms with Gasteiger partial charge in [0.05, 0.1) is 16.3 Å². The predicted molar refractivity (Wildman–Crippen MR) is 66.9 cm³/mol. The van der Waals surface area contributed by atoms with Crippen LogP contribution in [0, 0.1) is 5.41 Å². The maximum atomic E-state index is 12.5. The maximum Gasteiger partial charge on any atom is 0.416 e. The van der Waals surface area contributed by atoms with Crippen LogP contribution in [0.3, 0.4) is 0 Å². The number of hydrogen-bond donors (Lipinski definition) is 1. The van der Waals surface area contributed by atoms with Gasteiger partial charge in [0.15, 0.2) is 0 Å². The summed E-state index contributed by atoms with van der Waals surface area (Å²) in [7, 11) is 0. The quantitative estimate of drug-likeness (QED) is 0.823. The Bertz CT molecular complexity index is 452. The van der Waals surface area contributed by atoms with E-state index in [-0.39, 0.29) is 16.5 Å². The van der Waals surface area contributed by atoms with Crippen molar-refractivity contribution in [2.24, 2.45) is 5.41 Å². The monoisotopic (exact) mass is 277 g/mol. The molecule has 0 spiro atoms. The Morgan fingerprint density at radius 2 is 1.94 bits per heavy atom. The topological polar surface area (TPSA) is 12.0 Å². The van der Waals surface area contributed by atoms with Crippen LogP contribution in [0.1, 0.15) is 32.3 Å². The fourth-order valence-corrected chi connectivity index (χ4v) is 2.08. The van der Waals surface area contributed by atoms with Crippen molar-refractivity contribution >= 4 is 17.3 Å². The third-order valence-corrected chi connectivity index (χ3v) is 4.07. The molecule has 0 aliphatic heterocycles. The molecule has 100 valence electrons. The van der Waals surface area contributed by atoms with Gasteiger partial charge in [-0.15, -0.1) is 0 Å². The van der Waals surface area contributed by atoms with Crippen LogP contribution in [0.4, 0.5) is 18.9 Å². The van der Waals surface area contributed by atoms with E-state index in [9.17, 15) is 13.2 Å². The van der Waals surface area contributed by atoms with E-state index in [2.05, 4.69) is 12.2 Å². The summed E-state index contributed by atoms with van der Waals surface area (Å²) in [5, 5.41) is 3.30. The normalized spacial score (nSPS) is 19.4. The van der Waals surface area contributed by atoms with Crippen LogP contribution < -0.4 is 5.32 Å². The Balaban J connectivity index is 2.15. The van der Waals surface area contributed by atoms with E-state index in [0.717, 1.165) is 25.0 Å². The molecule has 1 atom stereocenters. The highest BCUT2D eigenvalue weighted by molar-refractivity contribution is 6.33. The number of anilines is 1. The first-order valence-electron chi connectivity index (χ1n) is 5.86. The molecule has 1 unspecified atom stereocenters. The highest BCUT2D eigenvalue weighted by Gasteiger charge is 2.42. The predicted octanol–water partition coefficient (Wildman–Crippen LogP) is 4.96. The van der Waals surface area contributed by atoms with Crippen molar-refractivity contribution in [1.82, 2.24) is 0 Å². The minimum Gasteiger partial charge on any atom is -0.381 e. The van der Waals surface area contributed by atoms with Gasteiger partial charge in [-0.05, 0) is 43.4 Å². The lowest BCUT2D eigenvalue weighted by Crippen LogP contribution is -2.25. The molecule has 1 aliphatic carbocycles. The molecule has 1 fully saturated rings. The van der Waals surface area contributed by atoms with Crippen molar-refractivity contribution in [3.05, 3.63) is 28.8 Å². The number of rotatable bonds is 3. The summed E-state index contributed by atoms with van der Waals surface area (Å²) in [5.74, 6) is 0. The molecule has 0 amide bonds. The molecule has 1 aromatic rings. The summed E-state index contributed by atoms with van der Waals surface area (Å²) in [4.78, 5) is 0. The van der Waals surface area contributed by atoms with Crippen molar-refractivity contribution in [3.8, 4) is 0 Å². The molecule has 1 aliphatic rings. The first-order chi connectivity index (χ1) is 8.22. The van der Waals surface area contributed by atoms with Crippen LogP contribution in [0.15, 0.2) is 18.2 Å².